The number of benzene rings is 11. The molecule has 0 aliphatic rings. The first-order valence-electron chi connectivity index (χ1n) is 22.9. The SMILES string of the molecule is [2H]c1c([2H])c(N(c2ccc(-c3ccc4ccccc4c3)cc2)c2ccccc2-c2cc3c4ccccc4oc3c3ccccc23)c([2H])c([2H])c1-c1cccc(-c2cccc3ccccc23)c1. The molecule has 0 atom stereocenters. The van der Waals surface area contributed by atoms with Gasteiger partial charge >= 0.3 is 0 Å². The second kappa shape index (κ2) is 14.8. The van der Waals surface area contributed by atoms with Crippen LogP contribution in [0.1, 0.15) is 5.48 Å². The van der Waals surface area contributed by atoms with Gasteiger partial charge < -0.3 is 9.32 Å². The maximum absolute atomic E-state index is 9.87. The fourth-order valence-corrected chi connectivity index (χ4v) is 9.11. The number of nitrogens with zero attached hydrogens (tertiary/aromatic N) is 1. The van der Waals surface area contributed by atoms with Gasteiger partial charge in [-0.3, -0.25) is 0 Å². The van der Waals surface area contributed by atoms with Crippen LogP contribution in [-0.2, 0) is 0 Å². The average Bonchev–Trinajstić information content (AvgIpc) is 3.76. The van der Waals surface area contributed by atoms with E-state index in [2.05, 4.69) is 97.1 Å². The number of para-hydroxylation sites is 2. The fourth-order valence-electron chi connectivity index (χ4n) is 9.11. The molecule has 2 nitrogen and oxygen atoms in total. The molecule has 0 aliphatic heterocycles. The maximum Gasteiger partial charge on any atom is 0.143 e. The molecule has 11 aromatic carbocycles. The molecular weight excluding hydrogens is 751 g/mol. The third-order valence-electron chi connectivity index (χ3n) is 12.1. The summed E-state index contributed by atoms with van der Waals surface area (Å²) in [5.41, 5.74) is 9.91. The van der Waals surface area contributed by atoms with Gasteiger partial charge in [-0.05, 0) is 120 Å². The summed E-state index contributed by atoms with van der Waals surface area (Å²) in [7, 11) is 0. The van der Waals surface area contributed by atoms with E-state index in [9.17, 15) is 5.48 Å². The minimum absolute atomic E-state index is 0.118. The van der Waals surface area contributed by atoms with Gasteiger partial charge in [0.2, 0.25) is 0 Å². The first-order chi connectivity index (χ1) is 32.4. The van der Waals surface area contributed by atoms with Crippen molar-refractivity contribution in [2.45, 2.75) is 0 Å². The van der Waals surface area contributed by atoms with Crippen LogP contribution in [0.5, 0.6) is 0 Å². The van der Waals surface area contributed by atoms with E-state index in [0.29, 0.717) is 16.9 Å². The monoisotopic (exact) mass is 793 g/mol. The minimum Gasteiger partial charge on any atom is -0.455 e. The number of rotatable bonds is 7. The van der Waals surface area contributed by atoms with Crippen molar-refractivity contribution < 1.29 is 9.90 Å². The molecule has 12 rings (SSSR count). The molecule has 0 bridgehead atoms. The molecule has 0 saturated carbocycles. The van der Waals surface area contributed by atoms with E-state index in [1.807, 2.05) is 120 Å². The lowest BCUT2D eigenvalue weighted by Gasteiger charge is -2.28. The highest BCUT2D eigenvalue weighted by atomic mass is 16.3. The van der Waals surface area contributed by atoms with E-state index in [1.54, 1.807) is 0 Å². The quantitative estimate of drug-likeness (QED) is 0.160. The van der Waals surface area contributed by atoms with Gasteiger partial charge in [-0.1, -0.05) is 182 Å². The molecule has 0 N–H and O–H groups in total. The molecule has 0 radical (unpaired) electrons. The van der Waals surface area contributed by atoms with Crippen LogP contribution in [0.2, 0.25) is 0 Å². The Balaban J connectivity index is 1.07. The zero-order chi connectivity index (χ0) is 44.5. The van der Waals surface area contributed by atoms with Gasteiger partial charge in [-0.2, -0.15) is 0 Å². The average molecular weight is 794 g/mol. The van der Waals surface area contributed by atoms with Crippen LogP contribution < -0.4 is 4.90 Å². The second-order valence-electron chi connectivity index (χ2n) is 15.7. The van der Waals surface area contributed by atoms with Crippen LogP contribution in [0.25, 0.3) is 98.8 Å². The third kappa shape index (κ3) is 6.12. The van der Waals surface area contributed by atoms with Gasteiger partial charge in [-0.25, -0.2) is 0 Å². The van der Waals surface area contributed by atoms with Gasteiger partial charge in [0.1, 0.15) is 11.2 Å². The fraction of sp³-hybridized carbons (Fsp3) is 0. The number of hydrogen-bond acceptors (Lipinski definition) is 2. The first kappa shape index (κ1) is 31.7. The third-order valence-corrected chi connectivity index (χ3v) is 12.1. The molecule has 0 aliphatic carbocycles. The summed E-state index contributed by atoms with van der Waals surface area (Å²) in [4.78, 5) is 1.91. The first-order valence-corrected chi connectivity index (χ1v) is 20.9. The molecule has 12 aromatic rings. The molecular formula is C60H39NO. The highest BCUT2D eigenvalue weighted by Gasteiger charge is 2.21. The Kier molecular flexibility index (Phi) is 7.57. The minimum atomic E-state index is -0.142. The van der Waals surface area contributed by atoms with Crippen molar-refractivity contribution in [2.24, 2.45) is 0 Å². The van der Waals surface area contributed by atoms with Crippen molar-refractivity contribution in [3.8, 4) is 44.5 Å². The van der Waals surface area contributed by atoms with Crippen LogP contribution in [0.4, 0.5) is 17.1 Å². The van der Waals surface area contributed by atoms with Gasteiger partial charge in [0.05, 0.1) is 11.2 Å². The Hall–Kier alpha value is -8.20. The predicted molar refractivity (Wildman–Crippen MR) is 263 cm³/mol. The van der Waals surface area contributed by atoms with Crippen LogP contribution >= 0.6 is 0 Å². The molecule has 0 amide bonds. The lowest BCUT2D eigenvalue weighted by Crippen LogP contribution is -2.11. The molecule has 2 heteroatoms. The summed E-state index contributed by atoms with van der Waals surface area (Å²) in [6.07, 6.45) is 0. The summed E-state index contributed by atoms with van der Waals surface area (Å²) in [6, 6.07) is 71.2. The molecule has 62 heavy (non-hydrogen) atoms. The zero-order valence-electron chi connectivity index (χ0n) is 37.6. The Morgan fingerprint density at radius 2 is 0.935 bits per heavy atom. The summed E-state index contributed by atoms with van der Waals surface area (Å²) in [6.45, 7) is 0. The molecule has 0 spiro atoms. The van der Waals surface area contributed by atoms with Gasteiger partial charge in [0, 0.05) is 33.1 Å². The Morgan fingerprint density at radius 3 is 1.79 bits per heavy atom. The Bertz CT molecular complexity index is 3860. The van der Waals surface area contributed by atoms with Gasteiger partial charge in [0.15, 0.2) is 0 Å². The summed E-state index contributed by atoms with van der Waals surface area (Å²) in [5, 5.41) is 8.49. The van der Waals surface area contributed by atoms with Crippen LogP contribution in [0, 0.1) is 0 Å². The lowest BCUT2D eigenvalue weighted by molar-refractivity contribution is 0.672. The summed E-state index contributed by atoms with van der Waals surface area (Å²) in [5.74, 6) is 0. The second-order valence-corrected chi connectivity index (χ2v) is 15.7. The van der Waals surface area contributed by atoms with Crippen LogP contribution in [0.15, 0.2) is 241 Å². The van der Waals surface area contributed by atoms with Crippen molar-refractivity contribution >= 4 is 71.3 Å². The van der Waals surface area contributed by atoms with Crippen LogP contribution in [-0.4, -0.2) is 0 Å². The summed E-state index contributed by atoms with van der Waals surface area (Å²) < 4.78 is 45.6. The topological polar surface area (TPSA) is 16.4 Å². The Labute approximate surface area is 365 Å². The standard InChI is InChI=1S/C60H39NO/c1-2-15-44-37-46(28-27-40(44)13-1)42-31-35-49(36-32-42)61(48-33-29-41(30-34-48)45-17-11-18-47(38-45)51-24-12-16-43-14-3-4-19-50(43)51)58-25-9-7-21-53(58)56-39-57-54-22-8-10-26-59(54)62-60(57)55-23-6-5-20-52(55)56/h1-39H/i29D,30D,33D,34D. The molecule has 0 unspecified atom stereocenters. The van der Waals surface area contributed by atoms with Crippen molar-refractivity contribution in [3.63, 3.8) is 0 Å². The largest absolute Gasteiger partial charge is 0.455 e. The van der Waals surface area contributed by atoms with Crippen molar-refractivity contribution in [2.75, 3.05) is 4.90 Å². The molecule has 0 saturated heterocycles. The molecule has 290 valence electrons. The smallest absolute Gasteiger partial charge is 0.143 e. The lowest BCUT2D eigenvalue weighted by atomic mass is 9.93. The highest BCUT2D eigenvalue weighted by molar-refractivity contribution is 6.20. The molecule has 1 aromatic heterocycles. The number of anilines is 3. The molecule has 0 fully saturated rings. The van der Waals surface area contributed by atoms with Crippen molar-refractivity contribution in [1.82, 2.24) is 0 Å². The van der Waals surface area contributed by atoms with E-state index in [-0.39, 0.29) is 35.4 Å². The van der Waals surface area contributed by atoms with E-state index in [0.717, 1.165) is 82.3 Å². The predicted octanol–water partition coefficient (Wildman–Crippen LogP) is 17.2. The van der Waals surface area contributed by atoms with Gasteiger partial charge in [-0.15, -0.1) is 0 Å². The van der Waals surface area contributed by atoms with E-state index < -0.39 is 0 Å². The number of hydrogen-bond donors (Lipinski definition) is 0. The van der Waals surface area contributed by atoms with E-state index >= 15 is 0 Å². The Morgan fingerprint density at radius 1 is 0.323 bits per heavy atom. The maximum atomic E-state index is 9.87. The van der Waals surface area contributed by atoms with Gasteiger partial charge in [0.25, 0.3) is 0 Å². The number of furan rings is 1. The van der Waals surface area contributed by atoms with Crippen molar-refractivity contribution in [3.05, 3.63) is 236 Å². The van der Waals surface area contributed by atoms with E-state index in [4.69, 9.17) is 4.42 Å². The van der Waals surface area contributed by atoms with Crippen LogP contribution in [0.3, 0.4) is 0 Å². The zero-order valence-corrected chi connectivity index (χ0v) is 33.6. The number of fused-ring (bicyclic) bond motifs is 7. The highest BCUT2D eigenvalue weighted by Crippen LogP contribution is 2.46. The normalized spacial score (nSPS) is 12.5. The summed E-state index contributed by atoms with van der Waals surface area (Å²) >= 11 is 0. The molecule has 1 heterocycles. The van der Waals surface area contributed by atoms with Crippen molar-refractivity contribution in [1.29, 1.82) is 0 Å². The van der Waals surface area contributed by atoms with E-state index in [1.165, 1.54) is 5.39 Å².